The molecular formula is C12H16FNO2. The Morgan fingerprint density at radius 1 is 1.38 bits per heavy atom. The second-order valence-corrected chi connectivity index (χ2v) is 4.53. The molecule has 0 aliphatic heterocycles. The van der Waals surface area contributed by atoms with Crippen LogP contribution >= 0.6 is 0 Å². The first-order chi connectivity index (χ1) is 7.65. The van der Waals surface area contributed by atoms with Crippen molar-refractivity contribution in [3.63, 3.8) is 0 Å². The third kappa shape index (κ3) is 2.51. The molecular weight excluding hydrogens is 209 g/mol. The van der Waals surface area contributed by atoms with Crippen LogP contribution in [0.15, 0.2) is 18.2 Å². The van der Waals surface area contributed by atoms with Gasteiger partial charge in [0, 0.05) is 30.7 Å². The fourth-order valence-corrected chi connectivity index (χ4v) is 1.73. The Morgan fingerprint density at radius 2 is 2.12 bits per heavy atom. The summed E-state index contributed by atoms with van der Waals surface area (Å²) in [6, 6.07) is 3.90. The number of nitrogens with one attached hydrogen (secondary N) is 1. The molecule has 1 aromatic rings. The number of halogens is 1. The van der Waals surface area contributed by atoms with Crippen molar-refractivity contribution in [3.05, 3.63) is 29.6 Å². The Labute approximate surface area is 93.9 Å². The molecule has 16 heavy (non-hydrogen) atoms. The largest absolute Gasteiger partial charge is 0.508 e. The van der Waals surface area contributed by atoms with Gasteiger partial charge in [0.2, 0.25) is 0 Å². The van der Waals surface area contributed by atoms with Crippen LogP contribution in [0.4, 0.5) is 4.39 Å². The molecule has 0 saturated heterocycles. The van der Waals surface area contributed by atoms with Crippen LogP contribution in [0.3, 0.4) is 0 Å². The highest BCUT2D eigenvalue weighted by molar-refractivity contribution is 5.32. The van der Waals surface area contributed by atoms with Crippen LogP contribution in [-0.4, -0.2) is 23.4 Å². The van der Waals surface area contributed by atoms with Crippen LogP contribution in [0.25, 0.3) is 0 Å². The molecule has 3 N–H and O–H groups in total. The lowest BCUT2D eigenvalue weighted by Gasteiger charge is -2.13. The second kappa shape index (κ2) is 4.39. The number of benzene rings is 1. The highest BCUT2D eigenvalue weighted by atomic mass is 19.1. The highest BCUT2D eigenvalue weighted by Gasteiger charge is 2.41. The molecule has 1 saturated carbocycles. The Bertz CT molecular complexity index is 377. The average Bonchev–Trinajstić information content (AvgIpc) is 3.04. The zero-order valence-electron chi connectivity index (χ0n) is 9.04. The van der Waals surface area contributed by atoms with Gasteiger partial charge in [-0.15, -0.1) is 0 Å². The predicted octanol–water partition coefficient (Wildman–Crippen LogP) is 1.39. The molecule has 0 bridgehead atoms. The van der Waals surface area contributed by atoms with Crippen molar-refractivity contribution in [2.24, 2.45) is 5.41 Å². The quantitative estimate of drug-likeness (QED) is 0.710. The summed E-state index contributed by atoms with van der Waals surface area (Å²) in [6.07, 6.45) is 2.07. The van der Waals surface area contributed by atoms with E-state index in [0.717, 1.165) is 12.8 Å². The van der Waals surface area contributed by atoms with Gasteiger partial charge in [-0.1, -0.05) is 0 Å². The van der Waals surface area contributed by atoms with Crippen LogP contribution < -0.4 is 5.32 Å². The first kappa shape index (κ1) is 11.4. The molecule has 2 rings (SSSR count). The van der Waals surface area contributed by atoms with Crippen molar-refractivity contribution in [2.45, 2.75) is 19.4 Å². The van der Waals surface area contributed by atoms with Crippen LogP contribution in [0.1, 0.15) is 18.4 Å². The molecule has 4 heteroatoms. The number of rotatable bonds is 5. The monoisotopic (exact) mass is 225 g/mol. The molecule has 0 unspecified atom stereocenters. The summed E-state index contributed by atoms with van der Waals surface area (Å²) in [5, 5.41) is 21.7. The van der Waals surface area contributed by atoms with Crippen LogP contribution in [0, 0.1) is 11.2 Å². The van der Waals surface area contributed by atoms with Gasteiger partial charge >= 0.3 is 0 Å². The molecule has 3 nitrogen and oxygen atoms in total. The van der Waals surface area contributed by atoms with Gasteiger partial charge in [-0.05, 0) is 31.0 Å². The third-order valence-corrected chi connectivity index (χ3v) is 3.15. The smallest absolute Gasteiger partial charge is 0.123 e. The molecule has 1 aliphatic rings. The maximum Gasteiger partial charge on any atom is 0.123 e. The van der Waals surface area contributed by atoms with E-state index >= 15 is 0 Å². The lowest BCUT2D eigenvalue weighted by Crippen LogP contribution is -2.26. The molecule has 0 spiro atoms. The summed E-state index contributed by atoms with van der Waals surface area (Å²) in [5.41, 5.74) is 0.580. The van der Waals surface area contributed by atoms with Crippen molar-refractivity contribution in [2.75, 3.05) is 13.2 Å². The number of phenols is 1. The van der Waals surface area contributed by atoms with E-state index in [0.29, 0.717) is 18.7 Å². The molecule has 0 radical (unpaired) electrons. The van der Waals surface area contributed by atoms with Crippen LogP contribution in [0.5, 0.6) is 5.75 Å². The normalized spacial score (nSPS) is 17.4. The molecule has 1 aliphatic carbocycles. The van der Waals surface area contributed by atoms with E-state index < -0.39 is 0 Å². The molecule has 1 fully saturated rings. The van der Waals surface area contributed by atoms with Crippen molar-refractivity contribution in [3.8, 4) is 5.75 Å². The average molecular weight is 225 g/mol. The third-order valence-electron chi connectivity index (χ3n) is 3.15. The molecule has 1 aromatic carbocycles. The van der Waals surface area contributed by atoms with Crippen molar-refractivity contribution < 1.29 is 14.6 Å². The molecule has 0 heterocycles. The van der Waals surface area contributed by atoms with Crippen molar-refractivity contribution in [1.29, 1.82) is 0 Å². The lowest BCUT2D eigenvalue weighted by molar-refractivity contribution is 0.207. The van der Waals surface area contributed by atoms with E-state index in [4.69, 9.17) is 5.11 Å². The SMILES string of the molecule is OCC1(CNCc2cc(F)ccc2O)CC1. The Kier molecular flexibility index (Phi) is 3.12. The fourth-order valence-electron chi connectivity index (χ4n) is 1.73. The van der Waals surface area contributed by atoms with Gasteiger partial charge in [-0.2, -0.15) is 0 Å². The highest BCUT2D eigenvalue weighted by Crippen LogP contribution is 2.44. The van der Waals surface area contributed by atoms with E-state index in [9.17, 15) is 9.50 Å². The zero-order valence-corrected chi connectivity index (χ0v) is 9.04. The molecule has 0 aromatic heterocycles. The van der Waals surface area contributed by atoms with Crippen molar-refractivity contribution >= 4 is 0 Å². The minimum atomic E-state index is -0.349. The fraction of sp³-hybridized carbons (Fsp3) is 0.500. The Hall–Kier alpha value is -1.13. The van der Waals surface area contributed by atoms with Crippen LogP contribution in [-0.2, 0) is 6.54 Å². The summed E-state index contributed by atoms with van der Waals surface area (Å²) < 4.78 is 12.9. The zero-order chi connectivity index (χ0) is 11.6. The summed E-state index contributed by atoms with van der Waals surface area (Å²) in [5.74, 6) is -0.249. The minimum absolute atomic E-state index is 0.0307. The van der Waals surface area contributed by atoms with Gasteiger partial charge in [0.15, 0.2) is 0 Å². The van der Waals surface area contributed by atoms with Crippen LogP contribution in [0.2, 0.25) is 0 Å². The molecule has 88 valence electrons. The topological polar surface area (TPSA) is 52.5 Å². The lowest BCUT2D eigenvalue weighted by atomic mass is 10.1. The van der Waals surface area contributed by atoms with Gasteiger partial charge in [-0.3, -0.25) is 0 Å². The number of aromatic hydroxyl groups is 1. The van der Waals surface area contributed by atoms with E-state index in [1.54, 1.807) is 0 Å². The number of aliphatic hydroxyl groups is 1. The first-order valence-electron chi connectivity index (χ1n) is 5.44. The van der Waals surface area contributed by atoms with E-state index in [-0.39, 0.29) is 23.6 Å². The first-order valence-corrected chi connectivity index (χ1v) is 5.44. The summed E-state index contributed by atoms with van der Waals surface area (Å²) in [6.45, 7) is 1.32. The standard InChI is InChI=1S/C12H16FNO2/c13-10-1-2-11(16)9(5-10)6-14-7-12(8-15)3-4-12/h1-2,5,14-16H,3-4,6-8H2. The number of aliphatic hydroxyl groups excluding tert-OH is 1. The second-order valence-electron chi connectivity index (χ2n) is 4.53. The van der Waals surface area contributed by atoms with Gasteiger partial charge in [-0.25, -0.2) is 4.39 Å². The maximum atomic E-state index is 12.9. The van der Waals surface area contributed by atoms with Gasteiger partial charge < -0.3 is 15.5 Å². The number of hydrogen-bond acceptors (Lipinski definition) is 3. The Balaban J connectivity index is 1.87. The van der Waals surface area contributed by atoms with E-state index in [1.165, 1.54) is 18.2 Å². The number of hydrogen-bond donors (Lipinski definition) is 3. The summed E-state index contributed by atoms with van der Waals surface area (Å²) in [7, 11) is 0. The van der Waals surface area contributed by atoms with Gasteiger partial charge in [0.1, 0.15) is 11.6 Å². The Morgan fingerprint density at radius 3 is 2.75 bits per heavy atom. The predicted molar refractivity (Wildman–Crippen MR) is 58.5 cm³/mol. The summed E-state index contributed by atoms with van der Waals surface area (Å²) >= 11 is 0. The van der Waals surface area contributed by atoms with Crippen molar-refractivity contribution in [1.82, 2.24) is 5.32 Å². The summed E-state index contributed by atoms with van der Waals surface area (Å²) in [4.78, 5) is 0. The van der Waals surface area contributed by atoms with Gasteiger partial charge in [0.05, 0.1) is 0 Å². The maximum absolute atomic E-state index is 12.9. The number of phenolic OH excluding ortho intramolecular Hbond substituents is 1. The molecule has 0 atom stereocenters. The van der Waals surface area contributed by atoms with Gasteiger partial charge in [0.25, 0.3) is 0 Å². The van der Waals surface area contributed by atoms with E-state index in [1.807, 2.05) is 0 Å². The molecule has 0 amide bonds. The van der Waals surface area contributed by atoms with E-state index in [2.05, 4.69) is 5.32 Å². The minimum Gasteiger partial charge on any atom is -0.508 e.